The summed E-state index contributed by atoms with van der Waals surface area (Å²) < 4.78 is 0. The minimum absolute atomic E-state index is 0. The van der Waals surface area contributed by atoms with Crippen LogP contribution in [0.1, 0.15) is 30.9 Å². The van der Waals surface area contributed by atoms with Crippen LogP contribution in [0.2, 0.25) is 10.0 Å². The Kier molecular flexibility index (Phi) is 10.7. The topological polar surface area (TPSA) is 68.8 Å². The monoisotopic (exact) mass is 575 g/mol. The highest BCUT2D eigenvalue weighted by molar-refractivity contribution is 14.0. The predicted octanol–water partition coefficient (Wildman–Crippen LogP) is 5.49. The molecule has 2 aromatic carbocycles. The van der Waals surface area contributed by atoms with Crippen molar-refractivity contribution in [1.29, 1.82) is 0 Å². The number of hydrogen-bond donors (Lipinski definition) is 3. The van der Waals surface area contributed by atoms with Crippen molar-refractivity contribution in [1.82, 2.24) is 15.5 Å². The molecule has 2 aromatic rings. The van der Waals surface area contributed by atoms with Gasteiger partial charge in [-0.3, -0.25) is 0 Å². The molecule has 6 nitrogen and oxygen atoms in total. The molecule has 2 amide bonds. The Morgan fingerprint density at radius 2 is 1.87 bits per heavy atom. The summed E-state index contributed by atoms with van der Waals surface area (Å²) in [6.07, 6.45) is 2.15. The minimum atomic E-state index is -0.0389. The molecule has 0 radical (unpaired) electrons. The maximum atomic E-state index is 12.3. The second kappa shape index (κ2) is 13.0. The van der Waals surface area contributed by atoms with Gasteiger partial charge in [0.05, 0.1) is 6.54 Å². The second-order valence-electron chi connectivity index (χ2n) is 7.11. The number of carbonyl (C=O) groups excluding carboxylic acids is 1. The largest absolute Gasteiger partial charge is 0.357 e. The van der Waals surface area contributed by atoms with Gasteiger partial charge in [-0.05, 0) is 55.2 Å². The molecule has 168 valence electrons. The molecule has 0 bridgehead atoms. The van der Waals surface area contributed by atoms with Gasteiger partial charge in [-0.1, -0.05) is 41.4 Å². The van der Waals surface area contributed by atoms with Gasteiger partial charge in [0.25, 0.3) is 0 Å². The van der Waals surface area contributed by atoms with Gasteiger partial charge in [-0.25, -0.2) is 9.79 Å². The number of amides is 2. The van der Waals surface area contributed by atoms with E-state index in [0.717, 1.165) is 49.3 Å². The number of nitrogens with zero attached hydrogens (tertiary/aromatic N) is 2. The van der Waals surface area contributed by atoms with E-state index in [0.29, 0.717) is 29.1 Å². The predicted molar refractivity (Wildman–Crippen MR) is 140 cm³/mol. The summed E-state index contributed by atoms with van der Waals surface area (Å²) in [7, 11) is 0. The highest BCUT2D eigenvalue weighted by Gasteiger charge is 2.17. The van der Waals surface area contributed by atoms with Gasteiger partial charge in [0, 0.05) is 41.9 Å². The van der Waals surface area contributed by atoms with E-state index in [-0.39, 0.29) is 30.0 Å². The number of likely N-dealkylation sites (tertiary alicyclic amines) is 1. The average molecular weight is 576 g/mol. The first-order valence-electron chi connectivity index (χ1n) is 10.2. The van der Waals surface area contributed by atoms with Crippen molar-refractivity contribution in [3.05, 3.63) is 63.6 Å². The molecule has 0 saturated carbocycles. The molecule has 0 aliphatic carbocycles. The van der Waals surface area contributed by atoms with E-state index in [4.69, 9.17) is 23.2 Å². The second-order valence-corrected chi connectivity index (χ2v) is 7.95. The van der Waals surface area contributed by atoms with E-state index in [1.54, 1.807) is 6.07 Å². The Morgan fingerprint density at radius 1 is 1.10 bits per heavy atom. The van der Waals surface area contributed by atoms with Gasteiger partial charge in [-0.2, -0.15) is 0 Å². The Bertz CT molecular complexity index is 903. The molecule has 0 aromatic heterocycles. The molecule has 3 rings (SSSR count). The molecule has 1 aliphatic heterocycles. The number of anilines is 1. The third-order valence-electron chi connectivity index (χ3n) is 4.80. The van der Waals surface area contributed by atoms with Crippen LogP contribution in [0.5, 0.6) is 0 Å². The highest BCUT2D eigenvalue weighted by atomic mass is 127. The molecule has 1 aliphatic rings. The van der Waals surface area contributed by atoms with Crippen molar-refractivity contribution in [3.63, 3.8) is 0 Å². The fourth-order valence-corrected chi connectivity index (χ4v) is 3.70. The van der Waals surface area contributed by atoms with E-state index in [9.17, 15) is 4.79 Å². The number of aliphatic imine (C=N–C) groups is 1. The number of benzene rings is 2. The normalized spacial score (nSPS) is 13.5. The lowest BCUT2D eigenvalue weighted by molar-refractivity contribution is 0.222. The third-order valence-corrected chi connectivity index (χ3v) is 5.38. The summed E-state index contributed by atoms with van der Waals surface area (Å²) in [5, 5.41) is 10.7. The van der Waals surface area contributed by atoms with Crippen molar-refractivity contribution >= 4 is 64.9 Å². The van der Waals surface area contributed by atoms with Crippen molar-refractivity contribution in [2.45, 2.75) is 32.9 Å². The number of nitrogens with one attached hydrogen (secondary N) is 3. The third kappa shape index (κ3) is 8.05. The number of rotatable bonds is 6. The van der Waals surface area contributed by atoms with Gasteiger partial charge in [0.15, 0.2) is 5.96 Å². The maximum absolute atomic E-state index is 12.3. The van der Waals surface area contributed by atoms with Gasteiger partial charge < -0.3 is 20.9 Å². The molecule has 1 fully saturated rings. The SMILES string of the molecule is CCNC(=NCc1cccc(NC(=O)N2CCCC2)c1)NCc1ccc(Cl)cc1Cl.I. The summed E-state index contributed by atoms with van der Waals surface area (Å²) in [6.45, 7) is 5.42. The number of urea groups is 1. The van der Waals surface area contributed by atoms with Crippen LogP contribution in [0.25, 0.3) is 0 Å². The summed E-state index contributed by atoms with van der Waals surface area (Å²) in [5.74, 6) is 0.690. The lowest BCUT2D eigenvalue weighted by atomic mass is 10.2. The molecule has 31 heavy (non-hydrogen) atoms. The van der Waals surface area contributed by atoms with Crippen LogP contribution in [-0.4, -0.2) is 36.5 Å². The van der Waals surface area contributed by atoms with E-state index in [1.807, 2.05) is 48.2 Å². The summed E-state index contributed by atoms with van der Waals surface area (Å²) >= 11 is 12.2. The first-order valence-corrected chi connectivity index (χ1v) is 10.9. The molecule has 3 N–H and O–H groups in total. The van der Waals surface area contributed by atoms with Crippen LogP contribution >= 0.6 is 47.2 Å². The molecule has 9 heteroatoms. The summed E-state index contributed by atoms with van der Waals surface area (Å²) in [6, 6.07) is 13.2. The van der Waals surface area contributed by atoms with Crippen LogP contribution in [0.15, 0.2) is 47.5 Å². The number of guanidine groups is 1. The minimum Gasteiger partial charge on any atom is -0.357 e. The van der Waals surface area contributed by atoms with Crippen LogP contribution < -0.4 is 16.0 Å². The van der Waals surface area contributed by atoms with Gasteiger partial charge >= 0.3 is 6.03 Å². The summed E-state index contributed by atoms with van der Waals surface area (Å²) in [4.78, 5) is 18.8. The van der Waals surface area contributed by atoms with Gasteiger partial charge in [-0.15, -0.1) is 24.0 Å². The number of carbonyl (C=O) groups is 1. The first kappa shape index (κ1) is 25.5. The lowest BCUT2D eigenvalue weighted by Crippen LogP contribution is -2.36. The zero-order valence-corrected chi connectivity index (χ0v) is 21.3. The Balaban J connectivity index is 0.00000341. The van der Waals surface area contributed by atoms with Crippen LogP contribution in [-0.2, 0) is 13.1 Å². The van der Waals surface area contributed by atoms with Crippen LogP contribution in [0.4, 0.5) is 10.5 Å². The van der Waals surface area contributed by atoms with E-state index in [1.165, 1.54) is 0 Å². The Labute approximate surface area is 210 Å². The standard InChI is InChI=1S/C22H27Cl2N5O.HI/c1-2-25-21(27-15-17-8-9-18(23)13-20(17)24)26-14-16-6-5-7-19(12-16)28-22(30)29-10-3-4-11-29;/h5-9,12-13H,2-4,10-11,14-15H2,1H3,(H,28,30)(H2,25,26,27);1H. The van der Waals surface area contributed by atoms with E-state index in [2.05, 4.69) is 20.9 Å². The molecule has 1 heterocycles. The van der Waals surface area contributed by atoms with Crippen molar-refractivity contribution in [2.24, 2.45) is 4.99 Å². The Hall–Kier alpha value is -1.71. The molecule has 0 unspecified atom stereocenters. The van der Waals surface area contributed by atoms with Crippen LogP contribution in [0, 0.1) is 0 Å². The average Bonchev–Trinajstić information content (AvgIpc) is 3.26. The fraction of sp³-hybridized carbons (Fsp3) is 0.364. The smallest absolute Gasteiger partial charge is 0.321 e. The van der Waals surface area contributed by atoms with Crippen molar-refractivity contribution in [3.8, 4) is 0 Å². The highest BCUT2D eigenvalue weighted by Crippen LogP contribution is 2.20. The zero-order valence-electron chi connectivity index (χ0n) is 17.5. The van der Waals surface area contributed by atoms with Crippen molar-refractivity contribution < 1.29 is 4.79 Å². The molecule has 1 saturated heterocycles. The van der Waals surface area contributed by atoms with Crippen molar-refractivity contribution in [2.75, 3.05) is 25.0 Å². The zero-order chi connectivity index (χ0) is 21.3. The number of halogens is 3. The molecular formula is C22H28Cl2IN5O. The molecule has 0 atom stereocenters. The number of hydrogen-bond acceptors (Lipinski definition) is 2. The molecule has 0 spiro atoms. The summed E-state index contributed by atoms with van der Waals surface area (Å²) in [5.41, 5.74) is 2.74. The fourth-order valence-electron chi connectivity index (χ4n) is 3.23. The maximum Gasteiger partial charge on any atom is 0.321 e. The lowest BCUT2D eigenvalue weighted by Gasteiger charge is -2.16. The first-order chi connectivity index (χ1) is 14.5. The van der Waals surface area contributed by atoms with E-state index >= 15 is 0 Å². The Morgan fingerprint density at radius 3 is 2.58 bits per heavy atom. The van der Waals surface area contributed by atoms with Crippen LogP contribution in [0.3, 0.4) is 0 Å². The van der Waals surface area contributed by atoms with E-state index < -0.39 is 0 Å². The quantitative estimate of drug-likeness (QED) is 0.242. The van der Waals surface area contributed by atoms with Gasteiger partial charge in [0.2, 0.25) is 0 Å². The van der Waals surface area contributed by atoms with Gasteiger partial charge in [0.1, 0.15) is 0 Å². The molecular weight excluding hydrogens is 548 g/mol.